The number of carbonyl (C=O) groups is 2. The van der Waals surface area contributed by atoms with Crippen LogP contribution in [0.3, 0.4) is 0 Å². The molecule has 0 aliphatic rings. The zero-order valence-corrected chi connectivity index (χ0v) is 25.1. The van der Waals surface area contributed by atoms with Gasteiger partial charge in [0.05, 0.1) is 31.5 Å². The molecule has 0 radical (unpaired) electrons. The number of benzene rings is 2. The summed E-state index contributed by atoms with van der Waals surface area (Å²) in [7, 11) is -7.53. The van der Waals surface area contributed by atoms with Gasteiger partial charge in [-0.2, -0.15) is 0 Å². The van der Waals surface area contributed by atoms with Gasteiger partial charge in [-0.3, -0.25) is 9.59 Å². The molecule has 0 amide bonds. The second-order valence-corrected chi connectivity index (χ2v) is 13.6. The lowest BCUT2D eigenvalue weighted by Gasteiger charge is -2.18. The minimum absolute atomic E-state index is 0.00295. The summed E-state index contributed by atoms with van der Waals surface area (Å²) in [4.78, 5) is 22.2. The van der Waals surface area contributed by atoms with Gasteiger partial charge < -0.3 is 18.9 Å². The highest BCUT2D eigenvalue weighted by Gasteiger charge is 2.24. The molecule has 15 heteroatoms. The van der Waals surface area contributed by atoms with Gasteiger partial charge in [0.2, 0.25) is 9.84 Å². The summed E-state index contributed by atoms with van der Waals surface area (Å²) in [6, 6.07) is 7.56. The Morgan fingerprint density at radius 1 is 0.795 bits per heavy atom. The Bertz CT molecular complexity index is 1390. The normalized spacial score (nSPS) is 13.3. The Morgan fingerprint density at radius 2 is 1.23 bits per heavy atom. The van der Waals surface area contributed by atoms with E-state index in [9.17, 15) is 26.4 Å². The average Bonchev–Trinajstić information content (AvgIpc) is 2.85. The van der Waals surface area contributed by atoms with Crippen LogP contribution >= 0.6 is 34.8 Å². The fraction of sp³-hybridized carbons (Fsp3) is 0.417. The van der Waals surface area contributed by atoms with Crippen molar-refractivity contribution in [1.29, 1.82) is 0 Å². The first-order chi connectivity index (χ1) is 18.2. The number of hydrogen-bond acceptors (Lipinski definition) is 10. The smallest absolute Gasteiger partial charge is 0.303 e. The lowest BCUT2D eigenvalue weighted by atomic mass is 10.3. The van der Waals surface area contributed by atoms with Crippen LogP contribution in [0.1, 0.15) is 20.8 Å². The molecular weight excluding hydrogens is 619 g/mol. The number of alkyl halides is 1. The zero-order valence-electron chi connectivity index (χ0n) is 21.2. The average molecular weight is 646 g/mol. The van der Waals surface area contributed by atoms with Crippen molar-refractivity contribution in [3.05, 3.63) is 46.4 Å². The topological polar surface area (TPSA) is 139 Å². The van der Waals surface area contributed by atoms with Crippen LogP contribution in [0.2, 0.25) is 10.0 Å². The molecule has 0 aromatic heterocycles. The number of halogens is 3. The van der Waals surface area contributed by atoms with Crippen molar-refractivity contribution >= 4 is 66.4 Å². The van der Waals surface area contributed by atoms with Crippen molar-refractivity contribution in [2.45, 2.75) is 42.8 Å². The summed E-state index contributed by atoms with van der Waals surface area (Å²) in [5.74, 6) is -1.58. The quantitative estimate of drug-likeness (QED) is 0.218. The van der Waals surface area contributed by atoms with E-state index < -0.39 is 49.6 Å². The number of sulfone groups is 2. The van der Waals surface area contributed by atoms with Crippen LogP contribution in [0.5, 0.6) is 11.5 Å². The molecule has 2 unspecified atom stereocenters. The van der Waals surface area contributed by atoms with E-state index in [1.807, 2.05) is 0 Å². The van der Waals surface area contributed by atoms with E-state index in [2.05, 4.69) is 0 Å². The Morgan fingerprint density at radius 3 is 1.62 bits per heavy atom. The van der Waals surface area contributed by atoms with Crippen molar-refractivity contribution in [3.63, 3.8) is 0 Å². The third-order valence-electron chi connectivity index (χ3n) is 4.99. The first-order valence-electron chi connectivity index (χ1n) is 11.4. The molecule has 2 aromatic carbocycles. The van der Waals surface area contributed by atoms with Crippen LogP contribution in [-0.2, 0) is 38.7 Å². The van der Waals surface area contributed by atoms with Crippen molar-refractivity contribution in [1.82, 2.24) is 0 Å². The van der Waals surface area contributed by atoms with Gasteiger partial charge >= 0.3 is 11.9 Å². The van der Waals surface area contributed by atoms with E-state index >= 15 is 0 Å². The molecule has 2 rings (SSSR count). The molecule has 0 N–H and O–H groups in total. The highest BCUT2D eigenvalue weighted by atomic mass is 35.5. The predicted octanol–water partition coefficient (Wildman–Crippen LogP) is 4.12. The summed E-state index contributed by atoms with van der Waals surface area (Å²) in [6.45, 7) is 3.44. The maximum atomic E-state index is 13.2. The minimum Gasteiger partial charge on any atom is -0.488 e. The standard InChI is InChI=1S/C24H27Cl3O10S2/c1-4-38(30,31)14-18(37-16(3)29)13-35-24-8-6-20(10-22(24)27)39(32,33)19-5-7-23(21(26)9-19)34-12-17(11-25)36-15(2)28/h5-10,17-18H,4,11-14H2,1-3H3. The van der Waals surface area contributed by atoms with Crippen LogP contribution in [0.4, 0.5) is 0 Å². The summed E-state index contributed by atoms with van der Waals surface area (Å²) >= 11 is 18.2. The first-order valence-corrected chi connectivity index (χ1v) is 16.0. The van der Waals surface area contributed by atoms with E-state index in [0.29, 0.717) is 0 Å². The molecule has 0 bridgehead atoms. The molecule has 10 nitrogen and oxygen atoms in total. The number of esters is 2. The Kier molecular flexibility index (Phi) is 12.2. The van der Waals surface area contributed by atoms with Gasteiger partial charge in [-0.1, -0.05) is 30.1 Å². The number of hydrogen-bond donors (Lipinski definition) is 0. The van der Waals surface area contributed by atoms with Crippen molar-refractivity contribution in [3.8, 4) is 11.5 Å². The van der Waals surface area contributed by atoms with E-state index in [0.717, 1.165) is 6.92 Å². The molecular formula is C24H27Cl3O10S2. The SMILES string of the molecule is CCS(=O)(=O)CC(COc1ccc(S(=O)(=O)c2ccc(OCC(CCl)OC(C)=O)c(Cl)c2)cc1Cl)OC(C)=O. The minimum atomic E-state index is -4.06. The number of rotatable bonds is 14. The van der Waals surface area contributed by atoms with Crippen molar-refractivity contribution < 1.29 is 45.4 Å². The van der Waals surface area contributed by atoms with Gasteiger partial charge in [-0.05, 0) is 36.4 Å². The summed E-state index contributed by atoms with van der Waals surface area (Å²) in [6.07, 6.45) is -1.80. The molecule has 216 valence electrons. The summed E-state index contributed by atoms with van der Waals surface area (Å²) in [5, 5.41) is -0.0727. The van der Waals surface area contributed by atoms with Crippen molar-refractivity contribution in [2.24, 2.45) is 0 Å². The van der Waals surface area contributed by atoms with E-state index in [4.69, 9.17) is 53.8 Å². The molecule has 2 atom stereocenters. The molecule has 0 saturated heterocycles. The Hall–Kier alpha value is -2.25. The van der Waals surface area contributed by atoms with E-state index in [1.165, 1.54) is 50.2 Å². The molecule has 0 heterocycles. The zero-order chi connectivity index (χ0) is 29.4. The van der Waals surface area contributed by atoms with Gasteiger partial charge in [0.15, 0.2) is 9.84 Å². The van der Waals surface area contributed by atoms with Gasteiger partial charge in [-0.15, -0.1) is 11.6 Å². The molecule has 0 fully saturated rings. The van der Waals surface area contributed by atoms with E-state index in [1.54, 1.807) is 0 Å². The highest BCUT2D eigenvalue weighted by molar-refractivity contribution is 7.91. The first kappa shape index (κ1) is 33.0. The number of ether oxygens (including phenoxy) is 4. The van der Waals surface area contributed by atoms with Crippen LogP contribution in [0.25, 0.3) is 0 Å². The third kappa shape index (κ3) is 10.0. The maximum absolute atomic E-state index is 13.2. The van der Waals surface area contributed by atoms with E-state index in [-0.39, 0.29) is 56.2 Å². The van der Waals surface area contributed by atoms with Gasteiger partial charge in [0, 0.05) is 19.6 Å². The summed E-state index contributed by atoms with van der Waals surface area (Å²) < 4.78 is 71.3. The largest absolute Gasteiger partial charge is 0.488 e. The van der Waals surface area contributed by atoms with Gasteiger partial charge in [0.25, 0.3) is 0 Å². The van der Waals surface area contributed by atoms with Gasteiger partial charge in [-0.25, -0.2) is 16.8 Å². The Labute approximate surface area is 242 Å². The maximum Gasteiger partial charge on any atom is 0.303 e. The second kappa shape index (κ2) is 14.4. The molecule has 0 aliphatic heterocycles. The van der Waals surface area contributed by atoms with Crippen LogP contribution in [-0.4, -0.2) is 71.6 Å². The van der Waals surface area contributed by atoms with Crippen LogP contribution < -0.4 is 9.47 Å². The Balaban J connectivity index is 2.18. The molecule has 0 saturated carbocycles. The lowest BCUT2D eigenvalue weighted by Crippen LogP contribution is -2.32. The van der Waals surface area contributed by atoms with Gasteiger partial charge in [0.1, 0.15) is 36.9 Å². The predicted molar refractivity (Wildman–Crippen MR) is 146 cm³/mol. The van der Waals surface area contributed by atoms with Crippen LogP contribution in [0, 0.1) is 0 Å². The lowest BCUT2D eigenvalue weighted by molar-refractivity contribution is -0.147. The summed E-state index contributed by atoms with van der Waals surface area (Å²) in [5.41, 5.74) is 0. The second-order valence-electron chi connectivity index (χ2n) is 8.13. The molecule has 0 aliphatic carbocycles. The fourth-order valence-electron chi connectivity index (χ4n) is 3.13. The molecule has 0 spiro atoms. The molecule has 39 heavy (non-hydrogen) atoms. The molecule has 2 aromatic rings. The fourth-order valence-corrected chi connectivity index (χ4v) is 6.16. The highest BCUT2D eigenvalue weighted by Crippen LogP contribution is 2.33. The number of carbonyl (C=O) groups excluding carboxylic acids is 2. The van der Waals surface area contributed by atoms with Crippen LogP contribution in [0.15, 0.2) is 46.2 Å². The monoisotopic (exact) mass is 644 g/mol. The van der Waals surface area contributed by atoms with Crippen molar-refractivity contribution in [2.75, 3.05) is 30.6 Å². The third-order valence-corrected chi connectivity index (χ3v) is 9.44.